The number of aryl methyl sites for hydroxylation is 1. The van der Waals surface area contributed by atoms with E-state index in [0.29, 0.717) is 5.82 Å². The predicted molar refractivity (Wildman–Crippen MR) is 59.5 cm³/mol. The van der Waals surface area contributed by atoms with Crippen LogP contribution in [-0.2, 0) is 0 Å². The minimum Gasteiger partial charge on any atom is -0.384 e. The van der Waals surface area contributed by atoms with E-state index in [1.54, 1.807) is 18.5 Å². The van der Waals surface area contributed by atoms with Gasteiger partial charge < -0.3 is 5.73 Å². The lowest BCUT2D eigenvalue weighted by Gasteiger charge is -2.00. The maximum absolute atomic E-state index is 5.49. The van der Waals surface area contributed by atoms with E-state index in [-0.39, 0.29) is 0 Å². The largest absolute Gasteiger partial charge is 0.384 e. The van der Waals surface area contributed by atoms with Crippen LogP contribution in [0, 0.1) is 6.92 Å². The van der Waals surface area contributed by atoms with Crippen molar-refractivity contribution in [2.75, 3.05) is 5.73 Å². The lowest BCUT2D eigenvalue weighted by atomic mass is 10.5. The first-order chi connectivity index (χ1) is 7.24. The molecule has 0 bridgehead atoms. The smallest absolute Gasteiger partial charge is 0.192 e. The van der Waals surface area contributed by atoms with Crippen molar-refractivity contribution in [3.8, 4) is 0 Å². The molecule has 2 rings (SSSR count). The van der Waals surface area contributed by atoms with Crippen molar-refractivity contribution in [2.24, 2.45) is 0 Å². The van der Waals surface area contributed by atoms with Gasteiger partial charge in [0.15, 0.2) is 5.16 Å². The van der Waals surface area contributed by atoms with E-state index < -0.39 is 0 Å². The standard InChI is InChI=1S/C10H10N4S/c1-7-4-5-12-10(14-7)15-8-2-3-9(11)13-6-8/h2-6H,1H3,(H2,11,13). The SMILES string of the molecule is Cc1ccnc(Sc2ccc(N)nc2)n1. The summed E-state index contributed by atoms with van der Waals surface area (Å²) in [4.78, 5) is 13.4. The summed E-state index contributed by atoms with van der Waals surface area (Å²) < 4.78 is 0. The van der Waals surface area contributed by atoms with Crippen LogP contribution in [0.2, 0.25) is 0 Å². The van der Waals surface area contributed by atoms with Crippen LogP contribution in [0.4, 0.5) is 5.82 Å². The minimum atomic E-state index is 0.518. The lowest BCUT2D eigenvalue weighted by Crippen LogP contribution is -1.90. The lowest BCUT2D eigenvalue weighted by molar-refractivity contribution is 0.931. The maximum Gasteiger partial charge on any atom is 0.192 e. The van der Waals surface area contributed by atoms with Gasteiger partial charge in [0.2, 0.25) is 0 Å². The summed E-state index contributed by atoms with van der Waals surface area (Å²) in [6.45, 7) is 1.94. The van der Waals surface area contributed by atoms with Gasteiger partial charge in [-0.1, -0.05) is 0 Å². The second-order valence-electron chi connectivity index (χ2n) is 3.00. The number of anilines is 1. The van der Waals surface area contributed by atoms with Gasteiger partial charge in [-0.25, -0.2) is 15.0 Å². The van der Waals surface area contributed by atoms with Crippen molar-refractivity contribution in [1.29, 1.82) is 0 Å². The Morgan fingerprint density at radius 3 is 2.73 bits per heavy atom. The van der Waals surface area contributed by atoms with E-state index in [1.807, 2.05) is 19.1 Å². The zero-order valence-corrected chi connectivity index (χ0v) is 9.03. The van der Waals surface area contributed by atoms with Gasteiger partial charge in [0.25, 0.3) is 0 Å². The highest BCUT2D eigenvalue weighted by atomic mass is 32.2. The second-order valence-corrected chi connectivity index (χ2v) is 4.04. The van der Waals surface area contributed by atoms with Crippen molar-refractivity contribution in [3.05, 3.63) is 36.3 Å². The van der Waals surface area contributed by atoms with Gasteiger partial charge in [0.05, 0.1) is 0 Å². The number of hydrogen-bond acceptors (Lipinski definition) is 5. The third-order valence-electron chi connectivity index (χ3n) is 1.74. The van der Waals surface area contributed by atoms with Crippen LogP contribution in [-0.4, -0.2) is 15.0 Å². The fourth-order valence-corrected chi connectivity index (χ4v) is 1.79. The Morgan fingerprint density at radius 2 is 2.07 bits per heavy atom. The van der Waals surface area contributed by atoms with Crippen LogP contribution in [0.3, 0.4) is 0 Å². The van der Waals surface area contributed by atoms with Gasteiger partial charge in [0, 0.05) is 23.0 Å². The van der Waals surface area contributed by atoms with Gasteiger partial charge in [0.1, 0.15) is 5.82 Å². The Labute approximate surface area is 92.0 Å². The van der Waals surface area contributed by atoms with Crippen LogP contribution in [0.5, 0.6) is 0 Å². The first-order valence-electron chi connectivity index (χ1n) is 4.43. The molecule has 2 aromatic rings. The molecule has 2 heterocycles. The second kappa shape index (κ2) is 4.27. The molecule has 0 saturated heterocycles. The Hall–Kier alpha value is -1.62. The molecule has 0 atom stereocenters. The van der Waals surface area contributed by atoms with Gasteiger partial charge in [-0.2, -0.15) is 0 Å². The Bertz CT molecular complexity index is 455. The highest BCUT2D eigenvalue weighted by Crippen LogP contribution is 2.23. The highest BCUT2D eigenvalue weighted by molar-refractivity contribution is 7.99. The average Bonchev–Trinajstić information content (AvgIpc) is 2.22. The molecule has 5 heteroatoms. The number of nitrogens with zero attached hydrogens (tertiary/aromatic N) is 3. The first-order valence-corrected chi connectivity index (χ1v) is 5.25. The third kappa shape index (κ3) is 2.66. The van der Waals surface area contributed by atoms with Gasteiger partial charge in [-0.3, -0.25) is 0 Å². The molecule has 0 spiro atoms. The van der Waals surface area contributed by atoms with Crippen molar-refractivity contribution in [1.82, 2.24) is 15.0 Å². The zero-order valence-electron chi connectivity index (χ0n) is 8.21. The molecule has 0 radical (unpaired) electrons. The highest BCUT2D eigenvalue weighted by Gasteiger charge is 2.00. The van der Waals surface area contributed by atoms with E-state index in [0.717, 1.165) is 15.7 Å². The molecule has 0 fully saturated rings. The fraction of sp³-hybridized carbons (Fsp3) is 0.100. The normalized spacial score (nSPS) is 10.2. The number of aromatic nitrogens is 3. The van der Waals surface area contributed by atoms with Crippen molar-refractivity contribution >= 4 is 17.6 Å². The van der Waals surface area contributed by atoms with Crippen LogP contribution in [0.1, 0.15) is 5.69 Å². The summed E-state index contributed by atoms with van der Waals surface area (Å²) in [5.41, 5.74) is 6.45. The molecular formula is C10H10N4S. The molecule has 0 aliphatic rings. The summed E-state index contributed by atoms with van der Waals surface area (Å²) in [5.74, 6) is 0.518. The van der Waals surface area contributed by atoms with Gasteiger partial charge in [-0.05, 0) is 36.9 Å². The number of nitrogens with two attached hydrogens (primary N) is 1. The summed E-state index contributed by atoms with van der Waals surface area (Å²) >= 11 is 1.47. The molecule has 4 nitrogen and oxygen atoms in total. The van der Waals surface area contributed by atoms with E-state index in [1.165, 1.54) is 11.8 Å². The van der Waals surface area contributed by atoms with Crippen LogP contribution in [0.25, 0.3) is 0 Å². The molecule has 15 heavy (non-hydrogen) atoms. The Morgan fingerprint density at radius 1 is 1.20 bits per heavy atom. The van der Waals surface area contributed by atoms with E-state index in [2.05, 4.69) is 15.0 Å². The summed E-state index contributed by atoms with van der Waals surface area (Å²) in [6.07, 6.45) is 3.46. The average molecular weight is 218 g/mol. The zero-order chi connectivity index (χ0) is 10.7. The van der Waals surface area contributed by atoms with E-state index >= 15 is 0 Å². The Balaban J connectivity index is 2.18. The first kappa shape index (κ1) is 9.92. The fourth-order valence-electron chi connectivity index (χ4n) is 1.03. The van der Waals surface area contributed by atoms with Crippen LogP contribution < -0.4 is 5.73 Å². The number of rotatable bonds is 2. The van der Waals surface area contributed by atoms with Crippen LogP contribution in [0.15, 0.2) is 40.6 Å². The minimum absolute atomic E-state index is 0.518. The van der Waals surface area contributed by atoms with E-state index in [9.17, 15) is 0 Å². The van der Waals surface area contributed by atoms with Gasteiger partial charge in [-0.15, -0.1) is 0 Å². The third-order valence-corrected chi connectivity index (χ3v) is 2.60. The number of hydrogen-bond donors (Lipinski definition) is 1. The Kier molecular flexibility index (Phi) is 2.82. The van der Waals surface area contributed by atoms with Crippen molar-refractivity contribution in [2.45, 2.75) is 17.0 Å². The molecule has 0 aliphatic heterocycles. The summed E-state index contributed by atoms with van der Waals surface area (Å²) in [6, 6.07) is 5.53. The van der Waals surface area contributed by atoms with Crippen LogP contribution >= 0.6 is 11.8 Å². The molecule has 0 aliphatic carbocycles. The van der Waals surface area contributed by atoms with Crippen molar-refractivity contribution < 1.29 is 0 Å². The molecule has 0 unspecified atom stereocenters. The topological polar surface area (TPSA) is 64.7 Å². The summed E-state index contributed by atoms with van der Waals surface area (Å²) in [5, 5.41) is 0.724. The molecule has 0 amide bonds. The van der Waals surface area contributed by atoms with E-state index in [4.69, 9.17) is 5.73 Å². The molecule has 2 aromatic heterocycles. The number of pyridine rings is 1. The molecule has 0 saturated carbocycles. The molecular weight excluding hydrogens is 208 g/mol. The number of nitrogen functional groups attached to an aromatic ring is 1. The predicted octanol–water partition coefficient (Wildman–Crippen LogP) is 1.91. The van der Waals surface area contributed by atoms with Crippen molar-refractivity contribution in [3.63, 3.8) is 0 Å². The maximum atomic E-state index is 5.49. The summed E-state index contributed by atoms with van der Waals surface area (Å²) in [7, 11) is 0. The quantitative estimate of drug-likeness (QED) is 0.780. The molecule has 2 N–H and O–H groups in total. The molecule has 76 valence electrons. The van der Waals surface area contributed by atoms with Gasteiger partial charge >= 0.3 is 0 Å². The monoisotopic (exact) mass is 218 g/mol. The molecule has 0 aromatic carbocycles.